The highest BCUT2D eigenvalue weighted by atomic mass is 32.2. The normalized spacial score (nSPS) is 22.9. The third-order valence-corrected chi connectivity index (χ3v) is 7.61. The van der Waals surface area contributed by atoms with Gasteiger partial charge in [0.25, 0.3) is 0 Å². The van der Waals surface area contributed by atoms with E-state index in [-0.39, 0.29) is 11.8 Å². The van der Waals surface area contributed by atoms with Crippen molar-refractivity contribution < 1.29 is 8.42 Å². The van der Waals surface area contributed by atoms with Crippen LogP contribution in [0.4, 0.5) is 0 Å². The van der Waals surface area contributed by atoms with E-state index in [4.69, 9.17) is 5.26 Å². The maximum atomic E-state index is 12.3. The standard InChI is InChI=1S/C20H25N5O2S/c1-23-13-18(20(22-23)17-7-5-16(12-21)6-8-17)14-24-9-2-4-19(15-24)25-10-3-11-28(25,26)27/h5-8,13,19H,2-4,9-11,14-15H2,1H3/t19-/m0/s1. The molecule has 0 bridgehead atoms. The second-order valence-electron chi connectivity index (χ2n) is 7.68. The zero-order chi connectivity index (χ0) is 19.7. The van der Waals surface area contributed by atoms with Crippen molar-refractivity contribution >= 4 is 10.0 Å². The van der Waals surface area contributed by atoms with Crippen LogP contribution in [0.2, 0.25) is 0 Å². The highest BCUT2D eigenvalue weighted by molar-refractivity contribution is 7.89. The van der Waals surface area contributed by atoms with E-state index >= 15 is 0 Å². The maximum absolute atomic E-state index is 12.3. The number of piperidine rings is 1. The van der Waals surface area contributed by atoms with Gasteiger partial charge in [-0.3, -0.25) is 9.58 Å². The van der Waals surface area contributed by atoms with Gasteiger partial charge < -0.3 is 0 Å². The topological polar surface area (TPSA) is 82.2 Å². The minimum atomic E-state index is -3.07. The van der Waals surface area contributed by atoms with Crippen LogP contribution in [0.5, 0.6) is 0 Å². The largest absolute Gasteiger partial charge is 0.297 e. The first-order chi connectivity index (χ1) is 13.5. The van der Waals surface area contributed by atoms with Crippen molar-refractivity contribution in [1.29, 1.82) is 5.26 Å². The summed E-state index contributed by atoms with van der Waals surface area (Å²) in [7, 11) is -1.16. The van der Waals surface area contributed by atoms with Gasteiger partial charge in [-0.1, -0.05) is 12.1 Å². The summed E-state index contributed by atoms with van der Waals surface area (Å²) in [4.78, 5) is 2.34. The first-order valence-electron chi connectivity index (χ1n) is 9.71. The van der Waals surface area contributed by atoms with Crippen LogP contribution in [0, 0.1) is 11.3 Å². The van der Waals surface area contributed by atoms with Gasteiger partial charge in [-0.15, -0.1) is 0 Å². The molecule has 148 valence electrons. The van der Waals surface area contributed by atoms with Gasteiger partial charge in [-0.25, -0.2) is 8.42 Å². The van der Waals surface area contributed by atoms with Crippen LogP contribution in [-0.4, -0.2) is 58.8 Å². The zero-order valence-corrected chi connectivity index (χ0v) is 16.9. The predicted octanol–water partition coefficient (Wildman–Crippen LogP) is 1.96. The van der Waals surface area contributed by atoms with Crippen molar-refractivity contribution in [3.63, 3.8) is 0 Å². The number of aryl methyl sites for hydroxylation is 1. The molecular weight excluding hydrogens is 374 g/mol. The lowest BCUT2D eigenvalue weighted by Gasteiger charge is -2.36. The summed E-state index contributed by atoms with van der Waals surface area (Å²) in [6.45, 7) is 3.13. The second kappa shape index (κ2) is 7.66. The van der Waals surface area contributed by atoms with Crippen LogP contribution in [0.25, 0.3) is 11.3 Å². The Balaban J connectivity index is 1.52. The van der Waals surface area contributed by atoms with Gasteiger partial charge >= 0.3 is 0 Å². The van der Waals surface area contributed by atoms with Crippen molar-refractivity contribution in [2.24, 2.45) is 7.05 Å². The van der Waals surface area contributed by atoms with Gasteiger partial charge in [-0.05, 0) is 37.9 Å². The SMILES string of the molecule is Cn1cc(CN2CCC[C@H](N3CCCS3(=O)=O)C2)c(-c2ccc(C#N)cc2)n1. The molecule has 0 N–H and O–H groups in total. The second-order valence-corrected chi connectivity index (χ2v) is 9.72. The lowest BCUT2D eigenvalue weighted by Crippen LogP contribution is -2.48. The molecule has 4 rings (SSSR count). The summed E-state index contributed by atoms with van der Waals surface area (Å²) in [5.41, 5.74) is 3.66. The number of likely N-dealkylation sites (tertiary alicyclic amines) is 1. The Hall–Kier alpha value is -2.21. The van der Waals surface area contributed by atoms with E-state index in [9.17, 15) is 8.42 Å². The van der Waals surface area contributed by atoms with Crippen LogP contribution < -0.4 is 0 Å². The number of nitrogens with zero attached hydrogens (tertiary/aromatic N) is 5. The minimum Gasteiger partial charge on any atom is -0.297 e. The summed E-state index contributed by atoms with van der Waals surface area (Å²) in [5.74, 6) is 0.287. The number of aromatic nitrogens is 2. The van der Waals surface area contributed by atoms with Crippen molar-refractivity contribution in [2.45, 2.75) is 31.8 Å². The molecule has 0 aliphatic carbocycles. The lowest BCUT2D eigenvalue weighted by atomic mass is 10.0. The number of rotatable bonds is 4. The average Bonchev–Trinajstić information content (AvgIpc) is 3.23. The molecule has 0 amide bonds. The van der Waals surface area contributed by atoms with Crippen molar-refractivity contribution in [3.8, 4) is 17.3 Å². The van der Waals surface area contributed by atoms with Gasteiger partial charge in [-0.2, -0.15) is 14.7 Å². The van der Waals surface area contributed by atoms with E-state index in [2.05, 4.69) is 16.1 Å². The Morgan fingerprint density at radius 2 is 2.00 bits per heavy atom. The number of nitriles is 1. The Morgan fingerprint density at radius 1 is 1.21 bits per heavy atom. The molecule has 2 aromatic rings. The van der Waals surface area contributed by atoms with Gasteiger partial charge in [0.1, 0.15) is 0 Å². The highest BCUT2D eigenvalue weighted by Crippen LogP contribution is 2.27. The molecule has 0 spiro atoms. The molecule has 7 nitrogen and oxygen atoms in total. The molecule has 2 fully saturated rings. The number of hydrogen-bond acceptors (Lipinski definition) is 5. The van der Waals surface area contributed by atoms with Crippen LogP contribution >= 0.6 is 0 Å². The quantitative estimate of drug-likeness (QED) is 0.785. The Bertz CT molecular complexity index is 991. The highest BCUT2D eigenvalue weighted by Gasteiger charge is 2.36. The third-order valence-electron chi connectivity index (χ3n) is 5.61. The van der Waals surface area contributed by atoms with Gasteiger partial charge in [0.15, 0.2) is 0 Å². The molecule has 2 aliphatic rings. The smallest absolute Gasteiger partial charge is 0.214 e. The van der Waals surface area contributed by atoms with Gasteiger partial charge in [0.05, 0.1) is 23.1 Å². The minimum absolute atomic E-state index is 0.0799. The summed E-state index contributed by atoms with van der Waals surface area (Å²) in [5, 5.41) is 13.6. The Labute approximate surface area is 166 Å². The van der Waals surface area contributed by atoms with E-state index in [0.717, 1.165) is 55.7 Å². The first-order valence-corrected chi connectivity index (χ1v) is 11.3. The molecule has 28 heavy (non-hydrogen) atoms. The number of benzene rings is 1. The maximum Gasteiger partial charge on any atom is 0.214 e. The van der Waals surface area contributed by atoms with Crippen LogP contribution in [0.15, 0.2) is 30.5 Å². The summed E-state index contributed by atoms with van der Waals surface area (Å²) in [6.07, 6.45) is 4.71. The fourth-order valence-corrected chi connectivity index (χ4v) is 6.08. The zero-order valence-electron chi connectivity index (χ0n) is 16.1. The van der Waals surface area contributed by atoms with E-state index in [1.165, 1.54) is 0 Å². The van der Waals surface area contributed by atoms with Crippen molar-refractivity contribution in [3.05, 3.63) is 41.6 Å². The Kier molecular flexibility index (Phi) is 5.23. The molecule has 2 saturated heterocycles. The van der Waals surface area contributed by atoms with Gasteiger partial charge in [0.2, 0.25) is 10.0 Å². The van der Waals surface area contributed by atoms with E-state index in [0.29, 0.717) is 12.1 Å². The molecule has 3 heterocycles. The molecular formula is C20H25N5O2S. The molecule has 1 aromatic heterocycles. The van der Waals surface area contributed by atoms with Crippen molar-refractivity contribution in [2.75, 3.05) is 25.4 Å². The molecule has 0 radical (unpaired) electrons. The summed E-state index contributed by atoms with van der Waals surface area (Å²) >= 11 is 0. The molecule has 0 saturated carbocycles. The lowest BCUT2D eigenvalue weighted by molar-refractivity contribution is 0.146. The van der Waals surface area contributed by atoms with Crippen LogP contribution in [-0.2, 0) is 23.6 Å². The number of hydrogen-bond donors (Lipinski definition) is 0. The summed E-state index contributed by atoms with van der Waals surface area (Å²) < 4.78 is 28.1. The van der Waals surface area contributed by atoms with Gasteiger partial charge in [0, 0.05) is 50.0 Å². The number of sulfonamides is 1. The van der Waals surface area contributed by atoms with E-state index < -0.39 is 10.0 Å². The fraction of sp³-hybridized carbons (Fsp3) is 0.500. The van der Waals surface area contributed by atoms with Crippen molar-refractivity contribution in [1.82, 2.24) is 19.0 Å². The fourth-order valence-electron chi connectivity index (χ4n) is 4.32. The van der Waals surface area contributed by atoms with Crippen LogP contribution in [0.1, 0.15) is 30.4 Å². The Morgan fingerprint density at radius 3 is 2.68 bits per heavy atom. The molecule has 1 aromatic carbocycles. The van der Waals surface area contributed by atoms with E-state index in [1.54, 1.807) is 4.31 Å². The van der Waals surface area contributed by atoms with E-state index in [1.807, 2.05) is 42.2 Å². The van der Waals surface area contributed by atoms with Crippen LogP contribution in [0.3, 0.4) is 0 Å². The molecule has 1 atom stereocenters. The molecule has 8 heteroatoms. The average molecular weight is 400 g/mol. The first kappa shape index (κ1) is 19.1. The third kappa shape index (κ3) is 3.83. The monoisotopic (exact) mass is 399 g/mol. The summed E-state index contributed by atoms with van der Waals surface area (Å²) in [6, 6.07) is 9.70. The predicted molar refractivity (Wildman–Crippen MR) is 107 cm³/mol. The molecule has 0 unspecified atom stereocenters. The molecule has 2 aliphatic heterocycles.